The number of aromatic nitrogens is 1. The van der Waals surface area contributed by atoms with Crippen LogP contribution in [0, 0.1) is 0 Å². The molecule has 1 aromatic heterocycles. The molecule has 0 spiro atoms. The van der Waals surface area contributed by atoms with Crippen molar-refractivity contribution in [3.8, 4) is 0 Å². The van der Waals surface area contributed by atoms with Crippen LogP contribution in [0.4, 0.5) is 5.69 Å². The van der Waals surface area contributed by atoms with Crippen molar-refractivity contribution < 1.29 is 0 Å². The number of nitrogens with one attached hydrogen (secondary N) is 1. The van der Waals surface area contributed by atoms with Crippen molar-refractivity contribution >= 4 is 28.2 Å². The fourth-order valence-electron chi connectivity index (χ4n) is 2.74. The Balaban J connectivity index is 2.18. The third-order valence-electron chi connectivity index (χ3n) is 3.72. The second-order valence-corrected chi connectivity index (χ2v) is 5.27. The first kappa shape index (κ1) is 12.7. The zero-order chi connectivity index (χ0) is 13.2. The number of benzene rings is 1. The van der Waals surface area contributed by atoms with Gasteiger partial charge in [0.2, 0.25) is 0 Å². The van der Waals surface area contributed by atoms with Crippen molar-refractivity contribution in [3.63, 3.8) is 0 Å². The lowest BCUT2D eigenvalue weighted by atomic mass is 10.1. The van der Waals surface area contributed by atoms with Crippen LogP contribution in [0.15, 0.2) is 24.4 Å². The first-order valence-corrected chi connectivity index (χ1v) is 7.21. The van der Waals surface area contributed by atoms with Crippen LogP contribution in [0.25, 0.3) is 10.9 Å². The number of anilines is 1. The predicted octanol–water partition coefficient (Wildman–Crippen LogP) is 2.86. The lowest BCUT2D eigenvalue weighted by Crippen LogP contribution is -2.43. The van der Waals surface area contributed by atoms with Crippen molar-refractivity contribution in [1.82, 2.24) is 10.3 Å². The minimum atomic E-state index is 0.752. The number of aryl methyl sites for hydroxylation is 1. The van der Waals surface area contributed by atoms with E-state index in [1.807, 2.05) is 0 Å². The van der Waals surface area contributed by atoms with Crippen molar-refractivity contribution in [2.24, 2.45) is 0 Å². The number of rotatable bonds is 2. The number of halogens is 1. The number of hydrogen-bond acceptors (Lipinski definition) is 3. The van der Waals surface area contributed by atoms with Crippen molar-refractivity contribution in [2.45, 2.75) is 13.3 Å². The molecule has 3 rings (SSSR count). The number of pyridine rings is 1. The van der Waals surface area contributed by atoms with Gasteiger partial charge in [0.1, 0.15) is 0 Å². The Kier molecular flexibility index (Phi) is 3.58. The molecule has 0 aliphatic carbocycles. The smallest absolute Gasteiger partial charge is 0.0829 e. The van der Waals surface area contributed by atoms with Gasteiger partial charge >= 0.3 is 0 Å². The van der Waals surface area contributed by atoms with E-state index in [9.17, 15) is 0 Å². The van der Waals surface area contributed by atoms with Crippen molar-refractivity contribution in [3.05, 3.63) is 35.0 Å². The molecule has 4 heteroatoms. The van der Waals surface area contributed by atoms with Gasteiger partial charge in [0.25, 0.3) is 0 Å². The molecule has 1 aliphatic rings. The number of piperazine rings is 1. The molecule has 1 aromatic carbocycles. The monoisotopic (exact) mass is 275 g/mol. The highest BCUT2D eigenvalue weighted by Crippen LogP contribution is 2.34. The SMILES string of the molecule is CCc1cccc2c(N3CCNCC3)c(Cl)cnc12. The van der Waals surface area contributed by atoms with Crippen LogP contribution in [0.3, 0.4) is 0 Å². The summed E-state index contributed by atoms with van der Waals surface area (Å²) in [5.41, 5.74) is 3.51. The van der Waals surface area contributed by atoms with Crippen LogP contribution in [-0.4, -0.2) is 31.2 Å². The summed E-state index contributed by atoms with van der Waals surface area (Å²) < 4.78 is 0. The van der Waals surface area contributed by atoms with Gasteiger partial charge < -0.3 is 10.2 Å². The Hall–Kier alpha value is -1.32. The van der Waals surface area contributed by atoms with Gasteiger partial charge in [-0.25, -0.2) is 0 Å². The fraction of sp³-hybridized carbons (Fsp3) is 0.400. The number of nitrogens with zero attached hydrogens (tertiary/aromatic N) is 2. The van der Waals surface area contributed by atoms with E-state index in [1.165, 1.54) is 10.9 Å². The van der Waals surface area contributed by atoms with E-state index < -0.39 is 0 Å². The first-order valence-electron chi connectivity index (χ1n) is 6.83. The topological polar surface area (TPSA) is 28.2 Å². The lowest BCUT2D eigenvalue weighted by Gasteiger charge is -2.31. The molecular formula is C15H18ClN3. The van der Waals surface area contributed by atoms with Gasteiger partial charge in [-0.1, -0.05) is 36.7 Å². The van der Waals surface area contributed by atoms with Gasteiger partial charge in [0.05, 0.1) is 16.2 Å². The highest BCUT2D eigenvalue weighted by molar-refractivity contribution is 6.34. The average Bonchev–Trinajstić information content (AvgIpc) is 2.47. The molecule has 0 radical (unpaired) electrons. The molecule has 100 valence electrons. The second kappa shape index (κ2) is 5.35. The van der Waals surface area contributed by atoms with Crippen molar-refractivity contribution in [2.75, 3.05) is 31.1 Å². The van der Waals surface area contributed by atoms with E-state index in [0.717, 1.165) is 48.8 Å². The summed E-state index contributed by atoms with van der Waals surface area (Å²) in [4.78, 5) is 6.90. The first-order chi connectivity index (χ1) is 9.31. The van der Waals surface area contributed by atoms with Crippen LogP contribution >= 0.6 is 11.6 Å². The maximum absolute atomic E-state index is 6.41. The molecule has 2 heterocycles. The molecule has 2 aromatic rings. The number of hydrogen-bond donors (Lipinski definition) is 1. The van der Waals surface area contributed by atoms with Crippen LogP contribution in [0.2, 0.25) is 5.02 Å². The molecule has 1 aliphatic heterocycles. The Morgan fingerprint density at radius 3 is 2.84 bits per heavy atom. The van der Waals surface area contributed by atoms with Crippen LogP contribution in [-0.2, 0) is 6.42 Å². The second-order valence-electron chi connectivity index (χ2n) is 4.86. The number of para-hydroxylation sites is 1. The normalized spacial score (nSPS) is 16.0. The zero-order valence-corrected chi connectivity index (χ0v) is 11.9. The van der Waals surface area contributed by atoms with E-state index in [4.69, 9.17) is 11.6 Å². The van der Waals surface area contributed by atoms with Crippen LogP contribution in [0.1, 0.15) is 12.5 Å². The summed E-state index contributed by atoms with van der Waals surface area (Å²) in [7, 11) is 0. The minimum absolute atomic E-state index is 0.752. The Labute approximate surface area is 118 Å². The van der Waals surface area contributed by atoms with Gasteiger partial charge in [-0.05, 0) is 12.0 Å². The third-order valence-corrected chi connectivity index (χ3v) is 4.00. The third kappa shape index (κ3) is 2.28. The molecule has 1 fully saturated rings. The number of fused-ring (bicyclic) bond motifs is 1. The minimum Gasteiger partial charge on any atom is -0.367 e. The molecule has 0 bridgehead atoms. The molecular weight excluding hydrogens is 258 g/mol. The molecule has 0 amide bonds. The molecule has 0 saturated carbocycles. The van der Waals surface area contributed by atoms with Crippen molar-refractivity contribution in [1.29, 1.82) is 0 Å². The van der Waals surface area contributed by atoms with Gasteiger partial charge in [-0.15, -0.1) is 0 Å². The summed E-state index contributed by atoms with van der Waals surface area (Å²) in [5, 5.41) is 5.30. The largest absolute Gasteiger partial charge is 0.367 e. The maximum atomic E-state index is 6.41. The maximum Gasteiger partial charge on any atom is 0.0829 e. The summed E-state index contributed by atoms with van der Waals surface area (Å²) in [5.74, 6) is 0. The Morgan fingerprint density at radius 2 is 2.11 bits per heavy atom. The van der Waals surface area contributed by atoms with E-state index in [0.29, 0.717) is 0 Å². The highest BCUT2D eigenvalue weighted by atomic mass is 35.5. The predicted molar refractivity (Wildman–Crippen MR) is 81.2 cm³/mol. The van der Waals surface area contributed by atoms with Gasteiger partial charge in [0, 0.05) is 37.8 Å². The van der Waals surface area contributed by atoms with Crippen LogP contribution in [0.5, 0.6) is 0 Å². The molecule has 1 N–H and O–H groups in total. The summed E-state index contributed by atoms with van der Waals surface area (Å²) in [6, 6.07) is 6.38. The van der Waals surface area contributed by atoms with E-state index >= 15 is 0 Å². The summed E-state index contributed by atoms with van der Waals surface area (Å²) in [6.45, 7) is 6.17. The summed E-state index contributed by atoms with van der Waals surface area (Å²) >= 11 is 6.41. The van der Waals surface area contributed by atoms with Gasteiger partial charge in [-0.3, -0.25) is 4.98 Å². The van der Waals surface area contributed by atoms with Gasteiger partial charge in [-0.2, -0.15) is 0 Å². The van der Waals surface area contributed by atoms with Gasteiger partial charge in [0.15, 0.2) is 0 Å². The molecule has 1 saturated heterocycles. The molecule has 0 atom stereocenters. The zero-order valence-electron chi connectivity index (χ0n) is 11.1. The standard InChI is InChI=1S/C15H18ClN3/c1-2-11-4-3-5-12-14(11)18-10-13(16)15(12)19-8-6-17-7-9-19/h3-5,10,17H,2,6-9H2,1H3. The van der Waals surface area contributed by atoms with E-state index in [2.05, 4.69) is 40.3 Å². The highest BCUT2D eigenvalue weighted by Gasteiger charge is 2.17. The lowest BCUT2D eigenvalue weighted by molar-refractivity contribution is 0.590. The molecule has 0 unspecified atom stereocenters. The summed E-state index contributed by atoms with van der Waals surface area (Å²) in [6.07, 6.45) is 2.79. The quantitative estimate of drug-likeness (QED) is 0.914. The Bertz CT molecular complexity index is 591. The Morgan fingerprint density at radius 1 is 1.32 bits per heavy atom. The average molecular weight is 276 g/mol. The van der Waals surface area contributed by atoms with Crippen LogP contribution < -0.4 is 10.2 Å². The van der Waals surface area contributed by atoms with E-state index in [-0.39, 0.29) is 0 Å². The molecule has 3 nitrogen and oxygen atoms in total. The molecule has 19 heavy (non-hydrogen) atoms. The fourth-order valence-corrected chi connectivity index (χ4v) is 3.01. The van der Waals surface area contributed by atoms with E-state index in [1.54, 1.807) is 6.20 Å².